The molecule has 0 spiro atoms. The van der Waals surface area contributed by atoms with Gasteiger partial charge in [-0.25, -0.2) is 0 Å². The van der Waals surface area contributed by atoms with Gasteiger partial charge in [-0.1, -0.05) is 0 Å². The minimum absolute atomic E-state index is 0.133. The van der Waals surface area contributed by atoms with Gasteiger partial charge in [-0.15, -0.1) is 0 Å². The summed E-state index contributed by atoms with van der Waals surface area (Å²) in [6.07, 6.45) is 0.698. The molecule has 0 amide bonds. The quantitative estimate of drug-likeness (QED) is 0.448. The molecule has 2 atom stereocenters. The molecule has 0 aromatic rings. The van der Waals surface area contributed by atoms with Gasteiger partial charge in [0.25, 0.3) is 0 Å². The highest BCUT2D eigenvalue weighted by molar-refractivity contribution is 6.66. The smallest absolute Gasteiger partial charge is 0.334 e. The SMILES string of the molecule is CCO[Si](C)(CCCN)OCC.COC(C)OC(C)O[SiH3]. The largest absolute Gasteiger partial charge is 0.404 e. The van der Waals surface area contributed by atoms with E-state index in [-0.39, 0.29) is 12.6 Å². The van der Waals surface area contributed by atoms with Crippen molar-refractivity contribution in [2.75, 3.05) is 26.9 Å². The van der Waals surface area contributed by atoms with E-state index < -0.39 is 8.56 Å². The first-order valence-corrected chi connectivity index (χ1v) is 10.9. The van der Waals surface area contributed by atoms with Gasteiger partial charge in [-0.3, -0.25) is 0 Å². The van der Waals surface area contributed by atoms with Crippen LogP contribution >= 0.6 is 0 Å². The molecule has 2 unspecified atom stereocenters. The number of hydrogen-bond donors (Lipinski definition) is 1. The summed E-state index contributed by atoms with van der Waals surface area (Å²) in [6.45, 7) is 12.0. The molecule has 6 nitrogen and oxygen atoms in total. The predicted molar refractivity (Wildman–Crippen MR) is 91.4 cm³/mol. The van der Waals surface area contributed by atoms with Crippen molar-refractivity contribution in [3.8, 4) is 0 Å². The van der Waals surface area contributed by atoms with E-state index in [0.717, 1.165) is 32.2 Å². The van der Waals surface area contributed by atoms with Gasteiger partial charge in [-0.05, 0) is 53.3 Å². The number of ether oxygens (including phenoxy) is 2. The van der Waals surface area contributed by atoms with Gasteiger partial charge in [0.2, 0.25) is 0 Å². The third-order valence-corrected chi connectivity index (χ3v) is 6.51. The second-order valence-electron chi connectivity index (χ2n) is 4.63. The minimum atomic E-state index is -1.85. The first-order valence-electron chi connectivity index (χ1n) is 7.58. The summed E-state index contributed by atoms with van der Waals surface area (Å²) in [5.74, 6) is 0. The topological polar surface area (TPSA) is 72.2 Å². The lowest BCUT2D eigenvalue weighted by atomic mass is 10.5. The van der Waals surface area contributed by atoms with Crippen molar-refractivity contribution in [2.24, 2.45) is 5.73 Å². The molecule has 0 aliphatic rings. The molecule has 0 rings (SSSR count). The van der Waals surface area contributed by atoms with Gasteiger partial charge in [-0.2, -0.15) is 0 Å². The van der Waals surface area contributed by atoms with Crippen LogP contribution in [0.2, 0.25) is 12.6 Å². The van der Waals surface area contributed by atoms with E-state index >= 15 is 0 Å². The Balaban J connectivity index is 0. The lowest BCUT2D eigenvalue weighted by molar-refractivity contribution is -0.192. The monoisotopic (exact) mass is 341 g/mol. The summed E-state index contributed by atoms with van der Waals surface area (Å²) in [7, 11) is 0.452. The molecule has 0 radical (unpaired) electrons. The van der Waals surface area contributed by atoms with Crippen LogP contribution in [0.5, 0.6) is 0 Å². The van der Waals surface area contributed by atoms with Gasteiger partial charge >= 0.3 is 8.56 Å². The van der Waals surface area contributed by atoms with Crippen LogP contribution in [0.1, 0.15) is 34.1 Å². The van der Waals surface area contributed by atoms with Crippen molar-refractivity contribution in [1.82, 2.24) is 0 Å². The molecule has 0 fully saturated rings. The molecule has 2 N–H and O–H groups in total. The van der Waals surface area contributed by atoms with E-state index in [1.54, 1.807) is 7.11 Å². The highest BCUT2D eigenvalue weighted by Gasteiger charge is 2.29. The van der Waals surface area contributed by atoms with Crippen LogP contribution in [0.15, 0.2) is 0 Å². The van der Waals surface area contributed by atoms with E-state index in [2.05, 4.69) is 6.55 Å². The van der Waals surface area contributed by atoms with E-state index in [1.807, 2.05) is 27.7 Å². The van der Waals surface area contributed by atoms with Crippen molar-refractivity contribution in [3.63, 3.8) is 0 Å². The van der Waals surface area contributed by atoms with Crippen molar-refractivity contribution >= 4 is 19.0 Å². The fraction of sp³-hybridized carbons (Fsp3) is 1.00. The maximum absolute atomic E-state index is 5.63. The molecule has 0 saturated carbocycles. The van der Waals surface area contributed by atoms with E-state index in [9.17, 15) is 0 Å². The summed E-state index contributed by atoms with van der Waals surface area (Å²) in [4.78, 5) is 0. The lowest BCUT2D eigenvalue weighted by Crippen LogP contribution is -2.39. The summed E-state index contributed by atoms with van der Waals surface area (Å²) in [6, 6.07) is 1.01. The Morgan fingerprint density at radius 1 is 1.10 bits per heavy atom. The number of nitrogens with two attached hydrogens (primary N) is 1. The standard InChI is InChI=1S/C8H21NO2Si.C5H14O3Si/c1-4-10-12(3,11-5-2)8-6-7-9;1-4(6-3)7-5(2)8-9/h4-9H2,1-3H3;4-5H,1-3,9H3. The highest BCUT2D eigenvalue weighted by Crippen LogP contribution is 2.14. The van der Waals surface area contributed by atoms with Crippen molar-refractivity contribution < 1.29 is 22.8 Å². The fourth-order valence-electron chi connectivity index (χ4n) is 1.60. The average Bonchev–Trinajstić information content (AvgIpc) is 2.46. The van der Waals surface area contributed by atoms with Crippen LogP contribution < -0.4 is 5.73 Å². The fourth-order valence-corrected chi connectivity index (χ4v) is 4.15. The molecule has 0 aromatic heterocycles. The molecule has 0 saturated heterocycles. The van der Waals surface area contributed by atoms with Gasteiger partial charge in [0.15, 0.2) is 6.29 Å². The Morgan fingerprint density at radius 3 is 1.95 bits per heavy atom. The third-order valence-electron chi connectivity index (χ3n) is 2.78. The Bertz CT molecular complexity index is 211. The van der Waals surface area contributed by atoms with Crippen LogP contribution in [0.4, 0.5) is 0 Å². The van der Waals surface area contributed by atoms with Crippen LogP contribution in [0.25, 0.3) is 0 Å². The minimum Gasteiger partial charge on any atom is -0.404 e. The second kappa shape index (κ2) is 15.1. The van der Waals surface area contributed by atoms with Gasteiger partial charge in [0.05, 0.1) is 0 Å². The van der Waals surface area contributed by atoms with Crippen LogP contribution in [-0.2, 0) is 22.8 Å². The maximum Gasteiger partial charge on any atom is 0.334 e. The molecule has 0 aromatic carbocycles. The number of rotatable bonds is 11. The van der Waals surface area contributed by atoms with E-state index in [1.165, 1.54) is 0 Å². The third kappa shape index (κ3) is 14.9. The molecule has 8 heteroatoms. The molecule has 0 aliphatic heterocycles. The summed E-state index contributed by atoms with van der Waals surface area (Å²) >= 11 is 0. The zero-order chi connectivity index (χ0) is 16.7. The average molecular weight is 342 g/mol. The van der Waals surface area contributed by atoms with Gasteiger partial charge in [0.1, 0.15) is 16.8 Å². The van der Waals surface area contributed by atoms with E-state index in [0.29, 0.717) is 10.5 Å². The summed E-state index contributed by atoms with van der Waals surface area (Å²) in [5, 5.41) is 0. The summed E-state index contributed by atoms with van der Waals surface area (Å²) < 4.78 is 26.2. The zero-order valence-electron chi connectivity index (χ0n) is 14.8. The number of methoxy groups -OCH3 is 1. The molecular formula is C13H35NO5Si2. The number of hydrogen-bond acceptors (Lipinski definition) is 6. The molecule has 21 heavy (non-hydrogen) atoms. The Morgan fingerprint density at radius 2 is 1.62 bits per heavy atom. The molecule has 0 aliphatic carbocycles. The first kappa shape index (κ1) is 23.5. The Labute approximate surface area is 134 Å². The van der Waals surface area contributed by atoms with E-state index in [4.69, 9.17) is 28.5 Å². The van der Waals surface area contributed by atoms with Gasteiger partial charge < -0.3 is 28.5 Å². The first-order chi connectivity index (χ1) is 9.88. The zero-order valence-corrected chi connectivity index (χ0v) is 17.8. The second-order valence-corrected chi connectivity index (χ2v) is 8.45. The lowest BCUT2D eigenvalue weighted by Gasteiger charge is -2.25. The Hall–Kier alpha value is 0.194. The molecule has 0 bridgehead atoms. The molecule has 0 heterocycles. The molecular weight excluding hydrogens is 306 g/mol. The van der Waals surface area contributed by atoms with Crippen LogP contribution in [0.3, 0.4) is 0 Å². The normalized spacial score (nSPS) is 14.4. The summed E-state index contributed by atoms with van der Waals surface area (Å²) in [5.41, 5.74) is 5.44. The van der Waals surface area contributed by atoms with Crippen molar-refractivity contribution in [1.29, 1.82) is 0 Å². The molecule has 130 valence electrons. The predicted octanol–water partition coefficient (Wildman–Crippen LogP) is 1.12. The maximum atomic E-state index is 5.63. The van der Waals surface area contributed by atoms with Crippen LogP contribution in [-0.4, -0.2) is 58.5 Å². The van der Waals surface area contributed by atoms with Gasteiger partial charge in [0, 0.05) is 20.3 Å². The Kier molecular flexibility index (Phi) is 16.9. The van der Waals surface area contributed by atoms with Crippen LogP contribution in [0, 0.1) is 0 Å². The van der Waals surface area contributed by atoms with Crippen molar-refractivity contribution in [3.05, 3.63) is 0 Å². The highest BCUT2D eigenvalue weighted by atomic mass is 28.4. The van der Waals surface area contributed by atoms with Crippen molar-refractivity contribution in [2.45, 2.75) is 59.3 Å².